The van der Waals surface area contributed by atoms with Crippen molar-refractivity contribution in [3.63, 3.8) is 0 Å². The van der Waals surface area contributed by atoms with Crippen LogP contribution in [-0.4, -0.2) is 82.7 Å². The summed E-state index contributed by atoms with van der Waals surface area (Å²) in [7, 11) is 0. The number of alkyl carbamates (subject to hydrolysis) is 1. The topological polar surface area (TPSA) is 138 Å². The van der Waals surface area contributed by atoms with Gasteiger partial charge in [0.05, 0.1) is 13.2 Å². The van der Waals surface area contributed by atoms with Gasteiger partial charge in [-0.15, -0.1) is 0 Å². The minimum atomic E-state index is -1.52. The van der Waals surface area contributed by atoms with Crippen LogP contribution in [0.1, 0.15) is 161 Å². The SMILES string of the molecule is CCCCCCCCCCCCCCOC(=O)N(CCCCCCCCCCCC)[C@@H]1O[C@H](CO)[C@H](O)[C@H](O)[C@H]1NC(=O)OCc1ccccc1. The lowest BCUT2D eigenvalue weighted by molar-refractivity contribution is -0.225. The van der Waals surface area contributed by atoms with Gasteiger partial charge in [-0.3, -0.25) is 4.90 Å². The number of benzene rings is 1. The van der Waals surface area contributed by atoms with Crippen molar-refractivity contribution in [2.24, 2.45) is 0 Å². The highest BCUT2D eigenvalue weighted by atomic mass is 16.6. The van der Waals surface area contributed by atoms with Gasteiger partial charge in [-0.05, 0) is 18.4 Å². The molecule has 5 atom stereocenters. The summed E-state index contributed by atoms with van der Waals surface area (Å²) in [6.45, 7) is 4.43. The van der Waals surface area contributed by atoms with Crippen LogP contribution in [0.3, 0.4) is 0 Å². The predicted molar refractivity (Wildman–Crippen MR) is 202 cm³/mol. The van der Waals surface area contributed by atoms with Gasteiger partial charge in [0, 0.05) is 6.54 Å². The Bertz CT molecular complexity index is 999. The number of aliphatic hydroxyl groups is 3. The molecule has 1 aliphatic rings. The monoisotopic (exact) mass is 721 g/mol. The Morgan fingerprint density at radius 1 is 0.686 bits per heavy atom. The van der Waals surface area contributed by atoms with Crippen molar-refractivity contribution in [2.45, 2.75) is 192 Å². The molecule has 0 saturated carbocycles. The molecule has 1 saturated heterocycles. The maximum absolute atomic E-state index is 13.6. The van der Waals surface area contributed by atoms with Crippen molar-refractivity contribution < 1.29 is 39.1 Å². The number of carbonyl (C=O) groups is 2. The third-order valence-electron chi connectivity index (χ3n) is 9.92. The molecular weight excluding hydrogens is 648 g/mol. The molecular formula is C41H72N2O8. The van der Waals surface area contributed by atoms with Gasteiger partial charge in [-0.2, -0.15) is 0 Å². The number of rotatable bonds is 29. The summed E-state index contributed by atoms with van der Waals surface area (Å²) in [6.07, 6.45) is 19.0. The summed E-state index contributed by atoms with van der Waals surface area (Å²) in [6, 6.07) is 7.98. The predicted octanol–water partition coefficient (Wildman–Crippen LogP) is 8.78. The summed E-state index contributed by atoms with van der Waals surface area (Å²) >= 11 is 0. The van der Waals surface area contributed by atoms with Gasteiger partial charge in [0.1, 0.15) is 31.0 Å². The Kier molecular flexibility index (Phi) is 25.5. The molecule has 2 rings (SSSR count). The van der Waals surface area contributed by atoms with Gasteiger partial charge in [0.15, 0.2) is 6.23 Å². The lowest BCUT2D eigenvalue weighted by Crippen LogP contribution is -2.69. The molecule has 1 aliphatic heterocycles. The molecule has 0 aromatic heterocycles. The molecule has 0 aliphatic carbocycles. The van der Waals surface area contributed by atoms with E-state index in [0.717, 1.165) is 44.1 Å². The first-order chi connectivity index (χ1) is 24.9. The first-order valence-electron chi connectivity index (χ1n) is 20.5. The van der Waals surface area contributed by atoms with Crippen molar-refractivity contribution in [3.8, 4) is 0 Å². The average molecular weight is 721 g/mol. The normalized spacial score (nSPS) is 20.2. The van der Waals surface area contributed by atoms with Crippen molar-refractivity contribution >= 4 is 12.2 Å². The van der Waals surface area contributed by atoms with Crippen LogP contribution in [0.15, 0.2) is 30.3 Å². The Balaban J connectivity index is 1.95. The second kappa shape index (κ2) is 29.1. The van der Waals surface area contributed by atoms with E-state index in [2.05, 4.69) is 19.2 Å². The molecule has 0 radical (unpaired) electrons. The number of hydrogen-bond acceptors (Lipinski definition) is 8. The van der Waals surface area contributed by atoms with Crippen LogP contribution in [0.25, 0.3) is 0 Å². The minimum absolute atomic E-state index is 0.00619. The molecule has 10 heteroatoms. The fourth-order valence-corrected chi connectivity index (χ4v) is 6.70. The number of hydrogen-bond donors (Lipinski definition) is 4. The summed E-state index contributed by atoms with van der Waals surface area (Å²) < 4.78 is 17.2. The third kappa shape index (κ3) is 19.3. The zero-order valence-corrected chi connectivity index (χ0v) is 32.0. The summed E-state index contributed by atoms with van der Waals surface area (Å²) in [5, 5.41) is 34.4. The quantitative estimate of drug-likeness (QED) is 0.0603. The van der Waals surface area contributed by atoms with Crippen LogP contribution in [0, 0.1) is 0 Å². The van der Waals surface area contributed by atoms with Crippen LogP contribution in [-0.2, 0) is 20.8 Å². The van der Waals surface area contributed by atoms with Crippen LogP contribution in [0.5, 0.6) is 0 Å². The zero-order chi connectivity index (χ0) is 36.9. The van der Waals surface area contributed by atoms with Gasteiger partial charge >= 0.3 is 12.2 Å². The van der Waals surface area contributed by atoms with Gasteiger partial charge in [-0.25, -0.2) is 9.59 Å². The van der Waals surface area contributed by atoms with E-state index >= 15 is 0 Å². The largest absolute Gasteiger partial charge is 0.449 e. The van der Waals surface area contributed by atoms with Crippen LogP contribution < -0.4 is 5.32 Å². The molecule has 1 aromatic rings. The molecule has 1 heterocycles. The van der Waals surface area contributed by atoms with E-state index in [1.165, 1.54) is 101 Å². The number of ether oxygens (including phenoxy) is 3. The number of amides is 2. The van der Waals surface area contributed by atoms with Gasteiger partial charge in [-0.1, -0.05) is 173 Å². The van der Waals surface area contributed by atoms with Crippen LogP contribution in [0.4, 0.5) is 9.59 Å². The molecule has 294 valence electrons. The molecule has 2 amide bonds. The van der Waals surface area contributed by atoms with Crippen molar-refractivity contribution in [1.82, 2.24) is 10.2 Å². The Morgan fingerprint density at radius 2 is 1.18 bits per heavy atom. The van der Waals surface area contributed by atoms with E-state index in [-0.39, 0.29) is 19.8 Å². The number of aliphatic hydroxyl groups excluding tert-OH is 3. The number of carbonyl (C=O) groups excluding carboxylic acids is 2. The number of nitrogens with one attached hydrogen (secondary N) is 1. The van der Waals surface area contributed by atoms with Crippen molar-refractivity contribution in [1.29, 1.82) is 0 Å². The highest BCUT2D eigenvalue weighted by Gasteiger charge is 2.48. The van der Waals surface area contributed by atoms with E-state index in [1.807, 2.05) is 30.3 Å². The first kappa shape index (κ1) is 44.8. The fourth-order valence-electron chi connectivity index (χ4n) is 6.70. The highest BCUT2D eigenvalue weighted by molar-refractivity contribution is 5.69. The molecule has 1 aromatic carbocycles. The maximum atomic E-state index is 13.6. The molecule has 0 bridgehead atoms. The lowest BCUT2D eigenvalue weighted by Gasteiger charge is -2.46. The lowest BCUT2D eigenvalue weighted by atomic mass is 9.95. The molecule has 51 heavy (non-hydrogen) atoms. The van der Waals surface area contributed by atoms with E-state index in [0.29, 0.717) is 6.42 Å². The second-order valence-corrected chi connectivity index (χ2v) is 14.3. The number of nitrogens with zero attached hydrogens (tertiary/aromatic N) is 1. The smallest absolute Gasteiger partial charge is 0.411 e. The van der Waals surface area contributed by atoms with Crippen LogP contribution >= 0.6 is 0 Å². The minimum Gasteiger partial charge on any atom is -0.449 e. The second-order valence-electron chi connectivity index (χ2n) is 14.3. The van der Waals surface area contributed by atoms with Gasteiger partial charge < -0.3 is 34.8 Å². The summed E-state index contributed by atoms with van der Waals surface area (Å²) in [5.74, 6) is 0. The maximum Gasteiger partial charge on any atom is 0.411 e. The Hall–Kier alpha value is -2.40. The summed E-state index contributed by atoms with van der Waals surface area (Å²) in [4.78, 5) is 27.9. The number of unbranched alkanes of at least 4 members (excludes halogenated alkanes) is 20. The van der Waals surface area contributed by atoms with Gasteiger partial charge in [0.2, 0.25) is 0 Å². The van der Waals surface area contributed by atoms with Gasteiger partial charge in [0.25, 0.3) is 0 Å². The average Bonchev–Trinajstić information content (AvgIpc) is 3.14. The van der Waals surface area contributed by atoms with Crippen LogP contribution in [0.2, 0.25) is 0 Å². The molecule has 0 spiro atoms. The van der Waals surface area contributed by atoms with E-state index < -0.39 is 49.4 Å². The van der Waals surface area contributed by atoms with Crippen molar-refractivity contribution in [2.75, 3.05) is 19.8 Å². The third-order valence-corrected chi connectivity index (χ3v) is 9.92. The van der Waals surface area contributed by atoms with E-state index in [1.54, 1.807) is 0 Å². The molecule has 1 fully saturated rings. The fraction of sp³-hybridized carbons (Fsp3) is 0.805. The van der Waals surface area contributed by atoms with E-state index in [9.17, 15) is 24.9 Å². The Morgan fingerprint density at radius 3 is 1.69 bits per heavy atom. The summed E-state index contributed by atoms with van der Waals surface area (Å²) in [5.41, 5.74) is 0.786. The van der Waals surface area contributed by atoms with Crippen molar-refractivity contribution in [3.05, 3.63) is 35.9 Å². The standard InChI is InChI=1S/C41H72N2O8/c1-3-5-7-9-11-13-15-16-18-20-22-27-31-49-41(48)43(30-26-21-19-17-14-12-10-8-6-4-2)39-36(38(46)37(45)35(32-44)51-39)42-40(47)50-33-34-28-24-23-25-29-34/h23-25,28-29,35-39,44-46H,3-22,26-27,30-33H2,1-2H3,(H,42,47)/t35-,36-,37+,38-,39-/m1/s1. The van der Waals surface area contributed by atoms with E-state index in [4.69, 9.17) is 14.2 Å². The molecule has 10 nitrogen and oxygen atoms in total. The molecule has 0 unspecified atom stereocenters. The Labute approximate surface area is 309 Å². The highest BCUT2D eigenvalue weighted by Crippen LogP contribution is 2.26. The first-order valence-corrected chi connectivity index (χ1v) is 20.5. The zero-order valence-electron chi connectivity index (χ0n) is 32.0. The molecule has 4 N–H and O–H groups in total.